The van der Waals surface area contributed by atoms with Crippen molar-refractivity contribution in [2.45, 2.75) is 39.2 Å². The number of fused-ring (bicyclic) bond motifs is 1. The predicted molar refractivity (Wildman–Crippen MR) is 138 cm³/mol. The summed E-state index contributed by atoms with van der Waals surface area (Å²) in [6.45, 7) is 4.10. The lowest BCUT2D eigenvalue weighted by molar-refractivity contribution is -0.120. The molecule has 0 bridgehead atoms. The second kappa shape index (κ2) is 11.7. The van der Waals surface area contributed by atoms with Gasteiger partial charge in [0.2, 0.25) is 5.91 Å². The van der Waals surface area contributed by atoms with E-state index in [9.17, 15) is 4.79 Å². The van der Waals surface area contributed by atoms with Crippen LogP contribution in [0, 0.1) is 6.92 Å². The maximum Gasteiger partial charge on any atom is 0.224 e. The van der Waals surface area contributed by atoms with Gasteiger partial charge in [-0.05, 0) is 67.3 Å². The Hall–Kier alpha value is -3.31. The number of halogens is 1. The molecule has 4 rings (SSSR count). The van der Waals surface area contributed by atoms with Crippen molar-refractivity contribution in [2.75, 3.05) is 13.2 Å². The number of aromatic nitrogens is 2. The molecule has 1 heterocycles. The quantitative estimate of drug-likeness (QED) is 0.281. The molecule has 4 aromatic rings. The van der Waals surface area contributed by atoms with Gasteiger partial charge in [-0.3, -0.25) is 4.79 Å². The van der Waals surface area contributed by atoms with E-state index in [1.165, 1.54) is 0 Å². The maximum atomic E-state index is 12.3. The maximum absolute atomic E-state index is 12.3. The van der Waals surface area contributed by atoms with Crippen LogP contribution in [0.5, 0.6) is 5.75 Å². The first-order valence-corrected chi connectivity index (χ1v) is 12.1. The zero-order valence-corrected chi connectivity index (χ0v) is 20.2. The SMILES string of the molecule is Cc1ccccc1CC(=O)NCCCc1nc2ccccc2n1CCCOc1ccc(Cl)cc1. The average Bonchev–Trinajstić information content (AvgIpc) is 3.19. The number of ether oxygens (including phenoxy) is 1. The van der Waals surface area contributed by atoms with Crippen molar-refractivity contribution in [1.29, 1.82) is 0 Å². The van der Waals surface area contributed by atoms with E-state index in [2.05, 4.69) is 16.0 Å². The normalized spacial score (nSPS) is 11.0. The Morgan fingerprint density at radius 1 is 1.00 bits per heavy atom. The van der Waals surface area contributed by atoms with Gasteiger partial charge < -0.3 is 14.6 Å². The highest BCUT2D eigenvalue weighted by Crippen LogP contribution is 2.19. The molecule has 0 radical (unpaired) electrons. The van der Waals surface area contributed by atoms with Crippen molar-refractivity contribution >= 4 is 28.5 Å². The molecule has 1 amide bonds. The zero-order chi connectivity index (χ0) is 23.8. The van der Waals surface area contributed by atoms with Crippen molar-refractivity contribution in [3.8, 4) is 5.75 Å². The van der Waals surface area contributed by atoms with Crippen LogP contribution in [0.2, 0.25) is 5.02 Å². The molecule has 0 spiro atoms. The van der Waals surface area contributed by atoms with Gasteiger partial charge in [0.05, 0.1) is 24.1 Å². The third kappa shape index (κ3) is 6.39. The molecule has 0 aliphatic heterocycles. The smallest absolute Gasteiger partial charge is 0.224 e. The molecule has 0 fully saturated rings. The fourth-order valence-electron chi connectivity index (χ4n) is 4.03. The van der Waals surface area contributed by atoms with Crippen molar-refractivity contribution in [3.05, 3.63) is 94.8 Å². The van der Waals surface area contributed by atoms with Gasteiger partial charge in [0.15, 0.2) is 0 Å². The number of imidazole rings is 1. The number of carbonyl (C=O) groups excluding carboxylic acids is 1. The first kappa shape index (κ1) is 23.8. The summed E-state index contributed by atoms with van der Waals surface area (Å²) < 4.78 is 8.13. The highest BCUT2D eigenvalue weighted by atomic mass is 35.5. The summed E-state index contributed by atoms with van der Waals surface area (Å²) in [6, 6.07) is 23.6. The molecule has 6 heteroatoms. The van der Waals surface area contributed by atoms with E-state index in [1.807, 2.05) is 73.7 Å². The van der Waals surface area contributed by atoms with Gasteiger partial charge in [-0.2, -0.15) is 0 Å². The van der Waals surface area contributed by atoms with Crippen LogP contribution < -0.4 is 10.1 Å². The summed E-state index contributed by atoms with van der Waals surface area (Å²) >= 11 is 5.94. The first-order valence-electron chi connectivity index (χ1n) is 11.7. The van der Waals surface area contributed by atoms with Gasteiger partial charge >= 0.3 is 0 Å². The van der Waals surface area contributed by atoms with Crippen molar-refractivity contribution in [2.24, 2.45) is 0 Å². The minimum absolute atomic E-state index is 0.0575. The monoisotopic (exact) mass is 475 g/mol. The minimum atomic E-state index is 0.0575. The molecule has 0 unspecified atom stereocenters. The minimum Gasteiger partial charge on any atom is -0.494 e. The highest BCUT2D eigenvalue weighted by Gasteiger charge is 2.11. The van der Waals surface area contributed by atoms with Gasteiger partial charge in [0, 0.05) is 24.5 Å². The van der Waals surface area contributed by atoms with Gasteiger partial charge in [-0.25, -0.2) is 4.98 Å². The Morgan fingerprint density at radius 2 is 1.76 bits per heavy atom. The van der Waals surface area contributed by atoms with Crippen LogP contribution in [0.4, 0.5) is 0 Å². The summed E-state index contributed by atoms with van der Waals surface area (Å²) in [5.41, 5.74) is 4.35. The van der Waals surface area contributed by atoms with Crippen LogP contribution in [0.1, 0.15) is 29.8 Å². The number of benzene rings is 3. The molecule has 1 aromatic heterocycles. The number of para-hydroxylation sites is 2. The van der Waals surface area contributed by atoms with E-state index in [0.29, 0.717) is 24.6 Å². The van der Waals surface area contributed by atoms with Gasteiger partial charge in [-0.15, -0.1) is 0 Å². The van der Waals surface area contributed by atoms with Crippen molar-refractivity contribution in [3.63, 3.8) is 0 Å². The van der Waals surface area contributed by atoms with Crippen LogP contribution in [0.3, 0.4) is 0 Å². The topological polar surface area (TPSA) is 56.2 Å². The molecule has 0 saturated carbocycles. The summed E-state index contributed by atoms with van der Waals surface area (Å²) in [6.07, 6.45) is 2.92. The Morgan fingerprint density at radius 3 is 2.59 bits per heavy atom. The molecular weight excluding hydrogens is 446 g/mol. The summed E-state index contributed by atoms with van der Waals surface area (Å²) in [5.74, 6) is 1.92. The lowest BCUT2D eigenvalue weighted by atomic mass is 10.1. The zero-order valence-electron chi connectivity index (χ0n) is 19.5. The Labute approximate surface area is 205 Å². The summed E-state index contributed by atoms with van der Waals surface area (Å²) in [4.78, 5) is 17.2. The standard InChI is InChI=1S/C28H30ClN3O2/c1-21-8-2-3-9-22(21)20-28(33)30-17-6-12-27-31-25-10-4-5-11-26(25)32(27)18-7-19-34-24-15-13-23(29)14-16-24/h2-5,8-11,13-16H,6-7,12,17-20H2,1H3,(H,30,33). The molecule has 3 aromatic carbocycles. The lowest BCUT2D eigenvalue weighted by Gasteiger charge is -2.11. The first-order chi connectivity index (χ1) is 16.6. The van der Waals surface area contributed by atoms with Crippen LogP contribution in [0.15, 0.2) is 72.8 Å². The van der Waals surface area contributed by atoms with Crippen molar-refractivity contribution in [1.82, 2.24) is 14.9 Å². The predicted octanol–water partition coefficient (Wildman–Crippen LogP) is 5.76. The summed E-state index contributed by atoms with van der Waals surface area (Å²) in [5, 5.41) is 3.75. The third-order valence-corrected chi connectivity index (χ3v) is 6.11. The average molecular weight is 476 g/mol. The number of aryl methyl sites for hydroxylation is 3. The van der Waals surface area contributed by atoms with E-state index < -0.39 is 0 Å². The van der Waals surface area contributed by atoms with E-state index in [0.717, 1.165) is 59.5 Å². The summed E-state index contributed by atoms with van der Waals surface area (Å²) in [7, 11) is 0. The third-order valence-electron chi connectivity index (χ3n) is 5.85. The molecular formula is C28H30ClN3O2. The highest BCUT2D eigenvalue weighted by molar-refractivity contribution is 6.30. The Balaban J connectivity index is 1.29. The van der Waals surface area contributed by atoms with E-state index >= 15 is 0 Å². The Bertz CT molecular complexity index is 1230. The van der Waals surface area contributed by atoms with Crippen LogP contribution in [0.25, 0.3) is 11.0 Å². The number of nitrogens with one attached hydrogen (secondary N) is 1. The van der Waals surface area contributed by atoms with Crippen LogP contribution in [-0.2, 0) is 24.2 Å². The lowest BCUT2D eigenvalue weighted by Crippen LogP contribution is -2.26. The fourth-order valence-corrected chi connectivity index (χ4v) is 4.15. The van der Waals surface area contributed by atoms with Crippen LogP contribution >= 0.6 is 11.6 Å². The molecule has 1 N–H and O–H groups in total. The Kier molecular flexibility index (Phi) is 8.21. The fraction of sp³-hybridized carbons (Fsp3) is 0.286. The molecule has 176 valence electrons. The van der Waals surface area contributed by atoms with Gasteiger partial charge in [0.1, 0.15) is 11.6 Å². The molecule has 34 heavy (non-hydrogen) atoms. The van der Waals surface area contributed by atoms with Gasteiger partial charge in [0.25, 0.3) is 0 Å². The molecule has 0 aliphatic rings. The second-order valence-corrected chi connectivity index (χ2v) is 8.82. The van der Waals surface area contributed by atoms with E-state index in [4.69, 9.17) is 21.3 Å². The second-order valence-electron chi connectivity index (χ2n) is 8.38. The number of amides is 1. The molecule has 0 atom stereocenters. The molecule has 0 saturated heterocycles. The number of rotatable bonds is 11. The van der Waals surface area contributed by atoms with E-state index in [-0.39, 0.29) is 5.91 Å². The van der Waals surface area contributed by atoms with Crippen molar-refractivity contribution < 1.29 is 9.53 Å². The van der Waals surface area contributed by atoms with E-state index in [1.54, 1.807) is 0 Å². The largest absolute Gasteiger partial charge is 0.494 e. The number of hydrogen-bond donors (Lipinski definition) is 1. The number of nitrogens with zero attached hydrogens (tertiary/aromatic N) is 2. The molecule has 0 aliphatic carbocycles. The van der Waals surface area contributed by atoms with Crippen LogP contribution in [-0.4, -0.2) is 28.6 Å². The number of hydrogen-bond acceptors (Lipinski definition) is 3. The molecule has 5 nitrogen and oxygen atoms in total. The number of carbonyl (C=O) groups is 1. The van der Waals surface area contributed by atoms with Gasteiger partial charge in [-0.1, -0.05) is 48.0 Å².